The topological polar surface area (TPSA) is 72.6 Å². The summed E-state index contributed by atoms with van der Waals surface area (Å²) in [6.45, 7) is 1.63. The van der Waals surface area contributed by atoms with E-state index < -0.39 is 0 Å². The van der Waals surface area contributed by atoms with Gasteiger partial charge in [0.1, 0.15) is 18.2 Å². The minimum Gasteiger partial charge on any atom is -0.459 e. The zero-order valence-corrected chi connectivity index (χ0v) is 13.1. The monoisotopic (exact) mass is 323 g/mol. The van der Waals surface area contributed by atoms with E-state index >= 15 is 0 Å². The van der Waals surface area contributed by atoms with Crippen molar-refractivity contribution in [3.8, 4) is 0 Å². The highest BCUT2D eigenvalue weighted by molar-refractivity contribution is 5.90. The van der Waals surface area contributed by atoms with Crippen LogP contribution in [0, 0.1) is 0 Å². The molecule has 0 aromatic carbocycles. The van der Waals surface area contributed by atoms with Gasteiger partial charge in [0.2, 0.25) is 0 Å². The normalized spacial score (nSPS) is 15.6. The molecule has 0 spiro atoms. The van der Waals surface area contributed by atoms with Crippen molar-refractivity contribution in [2.75, 3.05) is 18.0 Å². The second-order valence-electron chi connectivity index (χ2n) is 5.80. The molecule has 0 aliphatic carbocycles. The van der Waals surface area contributed by atoms with E-state index in [4.69, 9.17) is 4.74 Å². The molecule has 0 unspecified atom stereocenters. The third-order valence-corrected chi connectivity index (χ3v) is 4.26. The van der Waals surface area contributed by atoms with Crippen LogP contribution in [0.3, 0.4) is 0 Å². The minimum absolute atomic E-state index is 0.0586. The van der Waals surface area contributed by atoms with Crippen molar-refractivity contribution in [2.24, 2.45) is 0 Å². The van der Waals surface area contributed by atoms with E-state index in [0.717, 1.165) is 37.3 Å². The van der Waals surface area contributed by atoms with Crippen LogP contribution in [0.2, 0.25) is 0 Å². The Hall–Kier alpha value is -2.96. The number of esters is 1. The van der Waals surface area contributed by atoms with Gasteiger partial charge in [-0.3, -0.25) is 0 Å². The van der Waals surface area contributed by atoms with Crippen molar-refractivity contribution in [2.45, 2.75) is 18.9 Å². The number of carbonyl (C=O) groups excluding carboxylic acids is 1. The summed E-state index contributed by atoms with van der Waals surface area (Å²) in [6, 6.07) is 5.45. The highest BCUT2D eigenvalue weighted by atomic mass is 16.5. The molecule has 0 atom stereocenters. The third kappa shape index (κ3) is 2.92. The number of hydrogen-bond donors (Lipinski definition) is 0. The quantitative estimate of drug-likeness (QED) is 0.686. The van der Waals surface area contributed by atoms with Crippen molar-refractivity contribution >= 4 is 17.3 Å². The highest BCUT2D eigenvalue weighted by Gasteiger charge is 2.23. The number of anilines is 1. The summed E-state index contributed by atoms with van der Waals surface area (Å²) >= 11 is 0. The molecule has 1 aliphatic heterocycles. The molecule has 7 heteroatoms. The minimum atomic E-state index is -0.279. The Balaban J connectivity index is 1.37. The molecule has 24 heavy (non-hydrogen) atoms. The Morgan fingerprint density at radius 3 is 2.88 bits per heavy atom. The van der Waals surface area contributed by atoms with Crippen LogP contribution in [0.25, 0.3) is 5.52 Å². The molecule has 3 aromatic rings. The van der Waals surface area contributed by atoms with E-state index in [1.807, 2.05) is 16.7 Å². The van der Waals surface area contributed by atoms with Crippen LogP contribution in [-0.4, -0.2) is 44.5 Å². The summed E-state index contributed by atoms with van der Waals surface area (Å²) in [6.07, 6.45) is 10.1. The van der Waals surface area contributed by atoms with Crippen LogP contribution in [0.5, 0.6) is 0 Å². The number of carbonyl (C=O) groups is 1. The number of ether oxygens (including phenoxy) is 1. The molecule has 4 rings (SSSR count). The fourth-order valence-electron chi connectivity index (χ4n) is 2.94. The summed E-state index contributed by atoms with van der Waals surface area (Å²) in [7, 11) is 0. The first-order valence-electron chi connectivity index (χ1n) is 7.93. The third-order valence-electron chi connectivity index (χ3n) is 4.26. The lowest BCUT2D eigenvalue weighted by Gasteiger charge is -2.32. The van der Waals surface area contributed by atoms with Crippen molar-refractivity contribution in [1.82, 2.24) is 19.4 Å². The van der Waals surface area contributed by atoms with Crippen molar-refractivity contribution in [1.29, 1.82) is 0 Å². The van der Waals surface area contributed by atoms with Gasteiger partial charge < -0.3 is 14.0 Å². The first-order valence-corrected chi connectivity index (χ1v) is 7.93. The molecule has 0 N–H and O–H groups in total. The van der Waals surface area contributed by atoms with Gasteiger partial charge in [-0.15, -0.1) is 0 Å². The smallest absolute Gasteiger partial charge is 0.338 e. The van der Waals surface area contributed by atoms with E-state index in [9.17, 15) is 4.79 Å². The van der Waals surface area contributed by atoms with E-state index in [1.54, 1.807) is 37.2 Å². The maximum atomic E-state index is 12.3. The molecule has 0 amide bonds. The van der Waals surface area contributed by atoms with Gasteiger partial charge in [-0.25, -0.2) is 19.7 Å². The van der Waals surface area contributed by atoms with E-state index in [2.05, 4.69) is 19.9 Å². The number of piperidine rings is 1. The zero-order valence-electron chi connectivity index (χ0n) is 13.1. The lowest BCUT2D eigenvalue weighted by Crippen LogP contribution is -2.38. The molecule has 1 aliphatic rings. The number of aromatic nitrogens is 4. The second-order valence-corrected chi connectivity index (χ2v) is 5.80. The molecule has 0 saturated carbocycles. The standard InChI is InChI=1S/C17H17N5O2/c23-17(13-2-6-22-12-19-10-14(22)9-13)24-15-3-7-21(8-4-15)16-1-5-18-11-20-16/h1-2,5-6,9-12,15H,3-4,7-8H2. The number of hydrogen-bond acceptors (Lipinski definition) is 6. The van der Waals surface area contributed by atoms with Crippen LogP contribution >= 0.6 is 0 Å². The Kier molecular flexibility index (Phi) is 3.82. The summed E-state index contributed by atoms with van der Waals surface area (Å²) in [5, 5.41) is 0. The van der Waals surface area contributed by atoms with E-state index in [1.165, 1.54) is 0 Å². The first-order chi connectivity index (χ1) is 11.8. The molecule has 3 aromatic heterocycles. The largest absolute Gasteiger partial charge is 0.459 e. The molecule has 1 saturated heterocycles. The predicted octanol–water partition coefficient (Wildman–Crippen LogP) is 1.95. The fraction of sp³-hybridized carbons (Fsp3) is 0.294. The molecule has 4 heterocycles. The van der Waals surface area contributed by atoms with Crippen molar-refractivity contribution in [3.05, 3.63) is 55.0 Å². The maximum Gasteiger partial charge on any atom is 0.338 e. The number of pyridine rings is 1. The molecule has 0 bridgehead atoms. The molecule has 1 fully saturated rings. The zero-order chi connectivity index (χ0) is 16.4. The van der Waals surface area contributed by atoms with Gasteiger partial charge >= 0.3 is 5.97 Å². The van der Waals surface area contributed by atoms with Gasteiger partial charge in [-0.2, -0.15) is 0 Å². The highest BCUT2D eigenvalue weighted by Crippen LogP contribution is 2.20. The summed E-state index contributed by atoms with van der Waals surface area (Å²) < 4.78 is 7.52. The van der Waals surface area contributed by atoms with Gasteiger partial charge in [0.05, 0.1) is 23.6 Å². The Morgan fingerprint density at radius 1 is 1.21 bits per heavy atom. The van der Waals surface area contributed by atoms with Crippen LogP contribution in [0.15, 0.2) is 49.4 Å². The predicted molar refractivity (Wildman–Crippen MR) is 87.9 cm³/mol. The van der Waals surface area contributed by atoms with Crippen molar-refractivity contribution in [3.63, 3.8) is 0 Å². The number of imidazole rings is 1. The molecule has 7 nitrogen and oxygen atoms in total. The number of nitrogens with zero attached hydrogens (tertiary/aromatic N) is 5. The van der Waals surface area contributed by atoms with E-state index in [-0.39, 0.29) is 12.1 Å². The van der Waals surface area contributed by atoms with Crippen LogP contribution in [0.4, 0.5) is 5.82 Å². The maximum absolute atomic E-state index is 12.3. The summed E-state index contributed by atoms with van der Waals surface area (Å²) in [5.41, 5.74) is 1.43. The number of fused-ring (bicyclic) bond motifs is 1. The first kappa shape index (κ1) is 14.6. The molecule has 0 radical (unpaired) electrons. The van der Waals surface area contributed by atoms with E-state index in [0.29, 0.717) is 5.56 Å². The van der Waals surface area contributed by atoms with Gasteiger partial charge in [0.25, 0.3) is 0 Å². The Bertz CT molecular complexity index is 840. The van der Waals surface area contributed by atoms with Gasteiger partial charge in [0.15, 0.2) is 0 Å². The lowest BCUT2D eigenvalue weighted by molar-refractivity contribution is 0.0245. The van der Waals surface area contributed by atoms with Crippen molar-refractivity contribution < 1.29 is 9.53 Å². The average Bonchev–Trinajstić information content (AvgIpc) is 3.11. The number of rotatable bonds is 3. The average molecular weight is 323 g/mol. The van der Waals surface area contributed by atoms with Crippen LogP contribution in [0.1, 0.15) is 23.2 Å². The molecular weight excluding hydrogens is 306 g/mol. The summed E-state index contributed by atoms with van der Waals surface area (Å²) in [4.78, 5) is 26.8. The van der Waals surface area contributed by atoms with Gasteiger partial charge in [0, 0.05) is 38.3 Å². The SMILES string of the molecule is O=C(OC1CCN(c2ccncn2)CC1)c1ccn2cncc2c1. The van der Waals surface area contributed by atoms with Gasteiger partial charge in [-0.1, -0.05) is 0 Å². The second kappa shape index (κ2) is 6.27. The van der Waals surface area contributed by atoms with Gasteiger partial charge in [-0.05, 0) is 18.2 Å². The van der Waals surface area contributed by atoms with Crippen LogP contribution < -0.4 is 4.90 Å². The Morgan fingerprint density at radius 2 is 2.08 bits per heavy atom. The Labute approximate surface area is 138 Å². The molecular formula is C17H17N5O2. The molecule has 122 valence electrons. The van der Waals surface area contributed by atoms with Crippen LogP contribution in [-0.2, 0) is 4.74 Å². The lowest BCUT2D eigenvalue weighted by atomic mass is 10.1. The fourth-order valence-corrected chi connectivity index (χ4v) is 2.94. The summed E-state index contributed by atoms with van der Waals surface area (Å²) in [5.74, 6) is 0.639.